The minimum absolute atomic E-state index is 0.0339. The van der Waals surface area contributed by atoms with Gasteiger partial charge in [-0.3, -0.25) is 4.79 Å². The highest BCUT2D eigenvalue weighted by atomic mass is 32.2. The summed E-state index contributed by atoms with van der Waals surface area (Å²) in [5, 5.41) is 12.0. The fraction of sp³-hybridized carbons (Fsp3) is 0.526. The molecule has 7 nitrogen and oxygen atoms in total. The van der Waals surface area contributed by atoms with E-state index in [1.54, 1.807) is 0 Å². The molecule has 28 heavy (non-hydrogen) atoms. The lowest BCUT2D eigenvalue weighted by Gasteiger charge is -2.16. The SMILES string of the molecule is C[C@H](Sc1nnc(C2CC2)n1Cc1ccccc1)C(=O)N[C@@H]1CCS(=O)(=O)C1. The Morgan fingerprint density at radius 2 is 2.00 bits per heavy atom. The van der Waals surface area contributed by atoms with Crippen molar-refractivity contribution < 1.29 is 13.2 Å². The molecule has 1 saturated heterocycles. The molecule has 1 aromatic heterocycles. The van der Waals surface area contributed by atoms with Gasteiger partial charge in [-0.25, -0.2) is 8.42 Å². The number of amides is 1. The van der Waals surface area contributed by atoms with E-state index >= 15 is 0 Å². The van der Waals surface area contributed by atoms with E-state index in [1.807, 2.05) is 25.1 Å². The van der Waals surface area contributed by atoms with E-state index in [9.17, 15) is 13.2 Å². The van der Waals surface area contributed by atoms with E-state index in [0.29, 0.717) is 18.9 Å². The van der Waals surface area contributed by atoms with Gasteiger partial charge >= 0.3 is 0 Å². The van der Waals surface area contributed by atoms with Gasteiger partial charge in [0.15, 0.2) is 15.0 Å². The molecule has 0 radical (unpaired) electrons. The molecule has 1 amide bonds. The first-order valence-corrected chi connectivity index (χ1v) is 12.3. The second-order valence-electron chi connectivity index (χ2n) is 7.56. The highest BCUT2D eigenvalue weighted by Crippen LogP contribution is 2.40. The first-order chi connectivity index (χ1) is 13.4. The van der Waals surface area contributed by atoms with Crippen LogP contribution in [-0.2, 0) is 21.2 Å². The van der Waals surface area contributed by atoms with Gasteiger partial charge < -0.3 is 9.88 Å². The molecular formula is C19H24N4O3S2. The van der Waals surface area contributed by atoms with Crippen molar-refractivity contribution in [3.63, 3.8) is 0 Å². The van der Waals surface area contributed by atoms with Crippen LogP contribution in [0.4, 0.5) is 0 Å². The van der Waals surface area contributed by atoms with Crippen LogP contribution in [0, 0.1) is 0 Å². The lowest BCUT2D eigenvalue weighted by Crippen LogP contribution is -2.40. The first-order valence-electron chi connectivity index (χ1n) is 9.56. The molecule has 0 unspecified atom stereocenters. The van der Waals surface area contributed by atoms with Crippen molar-refractivity contribution in [2.75, 3.05) is 11.5 Å². The highest BCUT2D eigenvalue weighted by molar-refractivity contribution is 8.00. The van der Waals surface area contributed by atoms with Gasteiger partial charge in [0.1, 0.15) is 5.82 Å². The van der Waals surface area contributed by atoms with Crippen LogP contribution in [-0.4, -0.2) is 51.9 Å². The maximum atomic E-state index is 12.6. The number of hydrogen-bond donors (Lipinski definition) is 1. The Hall–Kier alpha value is -1.87. The Morgan fingerprint density at radius 3 is 2.64 bits per heavy atom. The molecule has 150 valence electrons. The predicted molar refractivity (Wildman–Crippen MR) is 108 cm³/mol. The Labute approximate surface area is 169 Å². The molecule has 1 aromatic carbocycles. The average Bonchev–Trinajstić information content (AvgIpc) is 3.35. The van der Waals surface area contributed by atoms with E-state index in [0.717, 1.165) is 23.8 Å². The van der Waals surface area contributed by atoms with E-state index in [2.05, 4.69) is 32.2 Å². The molecule has 1 aliphatic heterocycles. The van der Waals surface area contributed by atoms with Crippen molar-refractivity contribution >= 4 is 27.5 Å². The van der Waals surface area contributed by atoms with E-state index in [1.165, 1.54) is 17.3 Å². The summed E-state index contributed by atoms with van der Waals surface area (Å²) in [5.41, 5.74) is 1.17. The lowest BCUT2D eigenvalue weighted by molar-refractivity contribution is -0.120. The Kier molecular flexibility index (Phi) is 5.46. The topological polar surface area (TPSA) is 93.9 Å². The molecule has 2 fully saturated rings. The number of benzene rings is 1. The van der Waals surface area contributed by atoms with E-state index in [4.69, 9.17) is 0 Å². The number of carbonyl (C=O) groups excluding carboxylic acids is 1. The van der Waals surface area contributed by atoms with E-state index < -0.39 is 9.84 Å². The van der Waals surface area contributed by atoms with Crippen LogP contribution in [0.1, 0.15) is 43.5 Å². The van der Waals surface area contributed by atoms with Crippen LogP contribution in [0.15, 0.2) is 35.5 Å². The standard InChI is InChI=1S/C19H24N4O3S2/c1-13(18(24)20-16-9-10-28(25,26)12-16)27-19-22-21-17(15-7-8-15)23(19)11-14-5-3-2-4-6-14/h2-6,13,15-16H,7-12H2,1H3,(H,20,24)/t13-,16+/m0/s1. The minimum atomic E-state index is -3.01. The number of nitrogens with one attached hydrogen (secondary N) is 1. The van der Waals surface area contributed by atoms with Crippen molar-refractivity contribution in [3.8, 4) is 0 Å². The maximum Gasteiger partial charge on any atom is 0.233 e. The summed E-state index contributed by atoms with van der Waals surface area (Å²) in [4.78, 5) is 12.6. The molecule has 4 rings (SSSR count). The van der Waals surface area contributed by atoms with Crippen molar-refractivity contribution in [1.29, 1.82) is 0 Å². The Morgan fingerprint density at radius 1 is 1.25 bits per heavy atom. The molecule has 2 heterocycles. The molecule has 2 aromatic rings. The number of thioether (sulfide) groups is 1. The van der Waals surface area contributed by atoms with Gasteiger partial charge in [0, 0.05) is 12.0 Å². The normalized spacial score (nSPS) is 22.1. The number of nitrogens with zero attached hydrogens (tertiary/aromatic N) is 3. The summed E-state index contributed by atoms with van der Waals surface area (Å²) in [5.74, 6) is 1.47. The van der Waals surface area contributed by atoms with Gasteiger partial charge in [-0.2, -0.15) is 0 Å². The number of rotatable bonds is 7. The van der Waals surface area contributed by atoms with Gasteiger partial charge in [-0.05, 0) is 31.7 Å². The molecule has 1 saturated carbocycles. The monoisotopic (exact) mass is 420 g/mol. The third-order valence-electron chi connectivity index (χ3n) is 5.10. The minimum Gasteiger partial charge on any atom is -0.351 e. The summed E-state index contributed by atoms with van der Waals surface area (Å²) in [6.07, 6.45) is 2.75. The number of carbonyl (C=O) groups is 1. The van der Waals surface area contributed by atoms with Gasteiger partial charge in [0.2, 0.25) is 5.91 Å². The fourth-order valence-electron chi connectivity index (χ4n) is 3.38. The summed E-state index contributed by atoms with van der Waals surface area (Å²) < 4.78 is 25.3. The predicted octanol–water partition coefficient (Wildman–Crippen LogP) is 1.99. The second kappa shape index (κ2) is 7.87. The van der Waals surface area contributed by atoms with Crippen molar-refractivity contribution in [1.82, 2.24) is 20.1 Å². The fourth-order valence-corrected chi connectivity index (χ4v) is 5.92. The summed E-state index contributed by atoms with van der Waals surface area (Å²) in [7, 11) is -3.01. The van der Waals surface area contributed by atoms with Crippen LogP contribution in [0.2, 0.25) is 0 Å². The molecular weight excluding hydrogens is 396 g/mol. The van der Waals surface area contributed by atoms with Crippen LogP contribution < -0.4 is 5.32 Å². The molecule has 1 N–H and O–H groups in total. The van der Waals surface area contributed by atoms with Crippen molar-refractivity contribution in [3.05, 3.63) is 41.7 Å². The van der Waals surface area contributed by atoms with Crippen LogP contribution in [0.25, 0.3) is 0 Å². The number of aromatic nitrogens is 3. The van der Waals surface area contributed by atoms with Crippen molar-refractivity contribution in [2.45, 2.75) is 55.1 Å². The van der Waals surface area contributed by atoms with Crippen molar-refractivity contribution in [2.24, 2.45) is 0 Å². The van der Waals surface area contributed by atoms with Crippen LogP contribution in [0.5, 0.6) is 0 Å². The first kappa shape index (κ1) is 19.4. The lowest BCUT2D eigenvalue weighted by atomic mass is 10.2. The van der Waals surface area contributed by atoms with Gasteiger partial charge in [0.05, 0.1) is 23.3 Å². The van der Waals surface area contributed by atoms with Gasteiger partial charge in [0.25, 0.3) is 0 Å². The molecule has 9 heteroatoms. The molecule has 2 atom stereocenters. The third kappa shape index (κ3) is 4.57. The van der Waals surface area contributed by atoms with Crippen LogP contribution >= 0.6 is 11.8 Å². The average molecular weight is 421 g/mol. The zero-order valence-electron chi connectivity index (χ0n) is 15.7. The third-order valence-corrected chi connectivity index (χ3v) is 7.95. The highest BCUT2D eigenvalue weighted by Gasteiger charge is 2.33. The number of hydrogen-bond acceptors (Lipinski definition) is 6. The van der Waals surface area contributed by atoms with E-state index in [-0.39, 0.29) is 28.7 Å². The summed E-state index contributed by atoms with van der Waals surface area (Å²) in [6, 6.07) is 9.86. The van der Waals surface area contributed by atoms with Gasteiger partial charge in [-0.1, -0.05) is 42.1 Å². The molecule has 1 aliphatic carbocycles. The zero-order chi connectivity index (χ0) is 19.7. The number of sulfone groups is 1. The zero-order valence-corrected chi connectivity index (χ0v) is 17.4. The van der Waals surface area contributed by atoms with Crippen LogP contribution in [0.3, 0.4) is 0 Å². The quantitative estimate of drug-likeness (QED) is 0.689. The molecule has 2 aliphatic rings. The van der Waals surface area contributed by atoms with Gasteiger partial charge in [-0.15, -0.1) is 10.2 Å². The summed E-state index contributed by atoms with van der Waals surface area (Å²) >= 11 is 1.37. The Bertz CT molecular complexity index is 955. The summed E-state index contributed by atoms with van der Waals surface area (Å²) in [6.45, 7) is 2.50. The Balaban J connectivity index is 1.45. The maximum absolute atomic E-state index is 12.6. The largest absolute Gasteiger partial charge is 0.351 e. The second-order valence-corrected chi connectivity index (χ2v) is 11.1. The molecule has 0 bridgehead atoms. The smallest absolute Gasteiger partial charge is 0.233 e. The molecule has 0 spiro atoms.